The SMILES string of the molecule is Cc1nn(C)cc1[C@H](C)NC(=O)[C@@H]1[C@@H](C(=O)O)[C@H]2C=C[C@H]1C2. The van der Waals surface area contributed by atoms with Crippen molar-refractivity contribution >= 4 is 11.9 Å². The van der Waals surface area contributed by atoms with E-state index in [9.17, 15) is 14.7 Å². The van der Waals surface area contributed by atoms with E-state index < -0.39 is 17.8 Å². The highest BCUT2D eigenvalue weighted by molar-refractivity contribution is 5.87. The van der Waals surface area contributed by atoms with Gasteiger partial charge < -0.3 is 10.4 Å². The maximum Gasteiger partial charge on any atom is 0.307 e. The smallest absolute Gasteiger partial charge is 0.307 e. The van der Waals surface area contributed by atoms with E-state index in [0.29, 0.717) is 0 Å². The van der Waals surface area contributed by atoms with Gasteiger partial charge in [0, 0.05) is 18.8 Å². The summed E-state index contributed by atoms with van der Waals surface area (Å²) in [5.74, 6) is -2.06. The van der Waals surface area contributed by atoms with Gasteiger partial charge in [-0.25, -0.2) is 0 Å². The zero-order valence-electron chi connectivity index (χ0n) is 13.0. The monoisotopic (exact) mass is 303 g/mol. The quantitative estimate of drug-likeness (QED) is 0.824. The molecule has 1 heterocycles. The van der Waals surface area contributed by atoms with Crippen molar-refractivity contribution in [3.05, 3.63) is 29.6 Å². The van der Waals surface area contributed by atoms with Crippen molar-refractivity contribution < 1.29 is 14.7 Å². The first-order chi connectivity index (χ1) is 10.4. The van der Waals surface area contributed by atoms with E-state index in [1.165, 1.54) is 0 Å². The molecule has 2 aliphatic carbocycles. The molecule has 1 aromatic rings. The van der Waals surface area contributed by atoms with E-state index in [1.807, 2.05) is 39.2 Å². The first-order valence-electron chi connectivity index (χ1n) is 7.60. The van der Waals surface area contributed by atoms with E-state index in [-0.39, 0.29) is 23.8 Å². The molecule has 0 radical (unpaired) electrons. The molecule has 2 N–H and O–H groups in total. The molecular formula is C16H21N3O3. The van der Waals surface area contributed by atoms with Crippen molar-refractivity contribution in [1.82, 2.24) is 15.1 Å². The number of aliphatic carboxylic acids is 1. The topological polar surface area (TPSA) is 84.2 Å². The Morgan fingerprint density at radius 3 is 2.55 bits per heavy atom. The fourth-order valence-electron chi connectivity index (χ4n) is 3.95. The van der Waals surface area contributed by atoms with Gasteiger partial charge in [0.15, 0.2) is 0 Å². The van der Waals surface area contributed by atoms with Gasteiger partial charge >= 0.3 is 5.97 Å². The summed E-state index contributed by atoms with van der Waals surface area (Å²) in [6.07, 6.45) is 6.60. The second kappa shape index (κ2) is 5.26. The third-order valence-electron chi connectivity index (χ3n) is 4.92. The molecule has 5 atom stereocenters. The highest BCUT2D eigenvalue weighted by Gasteiger charge is 2.51. The van der Waals surface area contributed by atoms with E-state index in [2.05, 4.69) is 10.4 Å². The molecule has 3 rings (SSSR count). The summed E-state index contributed by atoms with van der Waals surface area (Å²) >= 11 is 0. The normalized spacial score (nSPS) is 30.5. The molecule has 118 valence electrons. The van der Waals surface area contributed by atoms with Crippen LogP contribution < -0.4 is 5.32 Å². The van der Waals surface area contributed by atoms with Crippen LogP contribution in [0, 0.1) is 30.6 Å². The lowest BCUT2D eigenvalue weighted by atomic mass is 9.82. The molecule has 0 saturated heterocycles. The summed E-state index contributed by atoms with van der Waals surface area (Å²) < 4.78 is 1.72. The number of nitrogens with one attached hydrogen (secondary N) is 1. The summed E-state index contributed by atoms with van der Waals surface area (Å²) in [6, 6.07) is -0.182. The number of amides is 1. The van der Waals surface area contributed by atoms with Crippen molar-refractivity contribution in [2.24, 2.45) is 30.7 Å². The lowest BCUT2D eigenvalue weighted by Crippen LogP contribution is -2.41. The third kappa shape index (κ3) is 2.32. The fourth-order valence-corrected chi connectivity index (χ4v) is 3.95. The Morgan fingerprint density at radius 2 is 2.00 bits per heavy atom. The average Bonchev–Trinajstić information content (AvgIpc) is 3.11. The van der Waals surface area contributed by atoms with Crippen LogP contribution in [0.4, 0.5) is 0 Å². The lowest BCUT2D eigenvalue weighted by Gasteiger charge is -2.25. The standard InChI is InChI=1S/C16H21N3O3/c1-8(12-7-19(3)18-9(12)2)17-15(20)13-10-4-5-11(6-10)14(13)16(21)22/h4-5,7-8,10-11,13-14H,6H2,1-3H3,(H,17,20)(H,21,22)/t8-,10-,11-,13-,14-/m0/s1. The van der Waals surface area contributed by atoms with Crippen molar-refractivity contribution in [2.75, 3.05) is 0 Å². The maximum atomic E-state index is 12.6. The predicted molar refractivity (Wildman–Crippen MR) is 79.9 cm³/mol. The molecule has 0 unspecified atom stereocenters. The van der Waals surface area contributed by atoms with E-state index in [4.69, 9.17) is 0 Å². The molecule has 1 amide bonds. The summed E-state index contributed by atoms with van der Waals surface area (Å²) in [5.41, 5.74) is 1.83. The van der Waals surface area contributed by atoms with Crippen LogP contribution >= 0.6 is 0 Å². The minimum Gasteiger partial charge on any atom is -0.481 e. The van der Waals surface area contributed by atoms with Crippen LogP contribution in [-0.4, -0.2) is 26.8 Å². The molecule has 1 saturated carbocycles. The van der Waals surface area contributed by atoms with Crippen LogP contribution in [0.3, 0.4) is 0 Å². The molecule has 1 fully saturated rings. The summed E-state index contributed by atoms with van der Waals surface area (Å²) in [5, 5.41) is 16.7. The number of carbonyl (C=O) groups is 2. The van der Waals surface area contributed by atoms with E-state index >= 15 is 0 Å². The number of carboxylic acid groups (broad SMARTS) is 1. The molecule has 6 heteroatoms. The van der Waals surface area contributed by atoms with E-state index in [0.717, 1.165) is 17.7 Å². The van der Waals surface area contributed by atoms with Crippen LogP contribution in [0.1, 0.15) is 30.6 Å². The Hall–Kier alpha value is -2.11. The third-order valence-corrected chi connectivity index (χ3v) is 4.92. The molecule has 6 nitrogen and oxygen atoms in total. The average molecular weight is 303 g/mol. The summed E-state index contributed by atoms with van der Waals surface area (Å²) in [6.45, 7) is 3.80. The van der Waals surface area contributed by atoms with Crippen LogP contribution in [0.25, 0.3) is 0 Å². The van der Waals surface area contributed by atoms with Crippen molar-refractivity contribution in [1.29, 1.82) is 0 Å². The number of hydrogen-bond acceptors (Lipinski definition) is 3. The van der Waals surface area contributed by atoms with Gasteiger partial charge in [0.1, 0.15) is 0 Å². The van der Waals surface area contributed by atoms with Crippen LogP contribution in [0.15, 0.2) is 18.3 Å². The summed E-state index contributed by atoms with van der Waals surface area (Å²) in [7, 11) is 1.84. The number of rotatable bonds is 4. The Balaban J connectivity index is 1.75. The molecular weight excluding hydrogens is 282 g/mol. The number of fused-ring (bicyclic) bond motifs is 2. The molecule has 2 aliphatic rings. The number of allylic oxidation sites excluding steroid dienone is 2. The van der Waals surface area contributed by atoms with Crippen LogP contribution in [-0.2, 0) is 16.6 Å². The molecule has 22 heavy (non-hydrogen) atoms. The Morgan fingerprint density at radius 1 is 1.36 bits per heavy atom. The highest BCUT2D eigenvalue weighted by atomic mass is 16.4. The summed E-state index contributed by atoms with van der Waals surface area (Å²) in [4.78, 5) is 24.1. The largest absolute Gasteiger partial charge is 0.481 e. The molecule has 0 spiro atoms. The van der Waals surface area contributed by atoms with Crippen molar-refractivity contribution in [3.63, 3.8) is 0 Å². The van der Waals surface area contributed by atoms with Gasteiger partial charge in [-0.15, -0.1) is 0 Å². The number of nitrogens with zero attached hydrogens (tertiary/aromatic N) is 2. The number of carboxylic acids is 1. The molecule has 0 aliphatic heterocycles. The van der Waals surface area contributed by atoms with Gasteiger partial charge in [-0.3, -0.25) is 14.3 Å². The van der Waals surface area contributed by atoms with Crippen molar-refractivity contribution in [2.45, 2.75) is 26.3 Å². The molecule has 0 aromatic carbocycles. The van der Waals surface area contributed by atoms with Gasteiger partial charge in [-0.2, -0.15) is 5.10 Å². The minimum atomic E-state index is -0.873. The van der Waals surface area contributed by atoms with E-state index in [1.54, 1.807) is 4.68 Å². The fraction of sp³-hybridized carbons (Fsp3) is 0.562. The Bertz CT molecular complexity index is 649. The minimum absolute atomic E-state index is 0.00585. The second-order valence-electron chi connectivity index (χ2n) is 6.41. The van der Waals surface area contributed by atoms with Gasteiger partial charge in [0.25, 0.3) is 0 Å². The van der Waals surface area contributed by atoms with Gasteiger partial charge in [-0.1, -0.05) is 12.2 Å². The van der Waals surface area contributed by atoms with Crippen molar-refractivity contribution in [3.8, 4) is 0 Å². The maximum absolute atomic E-state index is 12.6. The predicted octanol–water partition coefficient (Wildman–Crippen LogP) is 1.43. The number of hydrogen-bond donors (Lipinski definition) is 2. The van der Waals surface area contributed by atoms with Crippen LogP contribution in [0.5, 0.6) is 0 Å². The first kappa shape index (κ1) is 14.8. The number of aromatic nitrogens is 2. The first-order valence-corrected chi connectivity index (χ1v) is 7.60. The van der Waals surface area contributed by atoms with Gasteiger partial charge in [-0.05, 0) is 32.1 Å². The second-order valence-corrected chi connectivity index (χ2v) is 6.41. The molecule has 1 aromatic heterocycles. The Labute approximate surface area is 129 Å². The zero-order valence-corrected chi connectivity index (χ0v) is 13.0. The zero-order chi connectivity index (χ0) is 16.0. The lowest BCUT2D eigenvalue weighted by molar-refractivity contribution is -0.148. The highest BCUT2D eigenvalue weighted by Crippen LogP contribution is 2.48. The Kier molecular flexibility index (Phi) is 3.54. The van der Waals surface area contributed by atoms with Crippen LogP contribution in [0.2, 0.25) is 0 Å². The number of carbonyl (C=O) groups excluding carboxylic acids is 1. The molecule has 2 bridgehead atoms. The van der Waals surface area contributed by atoms with Gasteiger partial charge in [0.2, 0.25) is 5.91 Å². The number of aryl methyl sites for hydroxylation is 2. The van der Waals surface area contributed by atoms with Gasteiger partial charge in [0.05, 0.1) is 23.6 Å².